The summed E-state index contributed by atoms with van der Waals surface area (Å²) < 4.78 is 0. The van der Waals surface area contributed by atoms with Gasteiger partial charge in [0, 0.05) is 25.6 Å². The molecule has 1 atom stereocenters. The van der Waals surface area contributed by atoms with E-state index in [2.05, 4.69) is 12.2 Å². The second-order valence-electron chi connectivity index (χ2n) is 3.74. The first-order valence-electron chi connectivity index (χ1n) is 5.25. The summed E-state index contributed by atoms with van der Waals surface area (Å²) in [6.07, 6.45) is 2.36. The second-order valence-corrected chi connectivity index (χ2v) is 3.74. The molecular formula is C10H20N2O. The highest BCUT2D eigenvalue weighted by molar-refractivity contribution is 5.78. The molecule has 0 saturated carbocycles. The number of nitrogens with one attached hydrogen (secondary N) is 1. The number of carbonyl (C=O) groups excluding carboxylic acids is 1. The quantitative estimate of drug-likeness (QED) is 0.702. The van der Waals surface area contributed by atoms with Crippen LogP contribution in [0, 0.1) is 5.92 Å². The second kappa shape index (κ2) is 5.22. The predicted molar refractivity (Wildman–Crippen MR) is 53.5 cm³/mol. The Morgan fingerprint density at radius 2 is 2.08 bits per heavy atom. The summed E-state index contributed by atoms with van der Waals surface area (Å²) in [4.78, 5) is 13.7. The molecule has 0 aromatic heterocycles. The van der Waals surface area contributed by atoms with Gasteiger partial charge in [0.05, 0.1) is 0 Å². The molecule has 1 aliphatic heterocycles. The minimum Gasteiger partial charge on any atom is -0.342 e. The van der Waals surface area contributed by atoms with Crippen LogP contribution >= 0.6 is 0 Å². The molecule has 3 heteroatoms. The van der Waals surface area contributed by atoms with E-state index in [4.69, 9.17) is 0 Å². The van der Waals surface area contributed by atoms with Crippen LogP contribution in [0.3, 0.4) is 0 Å². The van der Waals surface area contributed by atoms with Crippen molar-refractivity contribution in [3.8, 4) is 0 Å². The van der Waals surface area contributed by atoms with Gasteiger partial charge in [0.15, 0.2) is 0 Å². The third-order valence-corrected chi connectivity index (χ3v) is 2.54. The van der Waals surface area contributed by atoms with Crippen molar-refractivity contribution < 1.29 is 4.79 Å². The van der Waals surface area contributed by atoms with Crippen molar-refractivity contribution in [2.24, 2.45) is 5.92 Å². The van der Waals surface area contributed by atoms with Gasteiger partial charge in [-0.15, -0.1) is 0 Å². The van der Waals surface area contributed by atoms with Crippen molar-refractivity contribution in [3.05, 3.63) is 0 Å². The lowest BCUT2D eigenvalue weighted by Gasteiger charge is -2.20. The molecule has 1 unspecified atom stereocenters. The van der Waals surface area contributed by atoms with Crippen molar-refractivity contribution in [2.75, 3.05) is 26.2 Å². The number of nitrogens with zero attached hydrogens (tertiary/aromatic N) is 1. The largest absolute Gasteiger partial charge is 0.342 e. The molecule has 0 aliphatic carbocycles. The highest BCUT2D eigenvalue weighted by Crippen LogP contribution is 2.11. The highest BCUT2D eigenvalue weighted by atomic mass is 16.2. The van der Waals surface area contributed by atoms with Crippen molar-refractivity contribution >= 4 is 5.91 Å². The Labute approximate surface area is 80.5 Å². The molecule has 1 heterocycles. The average Bonchev–Trinajstić information content (AvgIpc) is 2.65. The van der Waals surface area contributed by atoms with E-state index >= 15 is 0 Å². The van der Waals surface area contributed by atoms with Crippen molar-refractivity contribution in [1.29, 1.82) is 0 Å². The van der Waals surface area contributed by atoms with Gasteiger partial charge in [0.1, 0.15) is 0 Å². The molecule has 76 valence electrons. The van der Waals surface area contributed by atoms with Crippen molar-refractivity contribution in [1.82, 2.24) is 10.2 Å². The zero-order chi connectivity index (χ0) is 9.68. The summed E-state index contributed by atoms with van der Waals surface area (Å²) in [5.74, 6) is 0.455. The molecule has 1 saturated heterocycles. The zero-order valence-electron chi connectivity index (χ0n) is 8.68. The van der Waals surface area contributed by atoms with Crippen LogP contribution in [0.5, 0.6) is 0 Å². The van der Waals surface area contributed by atoms with Crippen molar-refractivity contribution in [3.63, 3.8) is 0 Å². The summed E-state index contributed by atoms with van der Waals surface area (Å²) in [5, 5.41) is 3.20. The molecule has 13 heavy (non-hydrogen) atoms. The Morgan fingerprint density at radius 3 is 2.62 bits per heavy atom. The van der Waals surface area contributed by atoms with Crippen LogP contribution in [0.4, 0.5) is 0 Å². The van der Waals surface area contributed by atoms with E-state index in [1.807, 2.05) is 11.8 Å². The predicted octanol–water partition coefficient (Wildman–Crippen LogP) is 0.854. The SMILES string of the molecule is CCNCC(C)C(=O)N1CCCC1. The fraction of sp³-hybridized carbons (Fsp3) is 0.900. The number of amides is 1. The summed E-state index contributed by atoms with van der Waals surface area (Å²) >= 11 is 0. The van der Waals surface area contributed by atoms with E-state index in [1.54, 1.807) is 0 Å². The Kier molecular flexibility index (Phi) is 4.22. The van der Waals surface area contributed by atoms with Crippen LogP contribution < -0.4 is 5.32 Å². The molecule has 1 aliphatic rings. The lowest BCUT2D eigenvalue weighted by Crippen LogP contribution is -2.37. The lowest BCUT2D eigenvalue weighted by atomic mass is 10.1. The van der Waals surface area contributed by atoms with Gasteiger partial charge in [-0.2, -0.15) is 0 Å². The normalized spacial score (nSPS) is 19.1. The highest BCUT2D eigenvalue weighted by Gasteiger charge is 2.22. The molecular weight excluding hydrogens is 164 g/mol. The van der Waals surface area contributed by atoms with Gasteiger partial charge in [0.2, 0.25) is 5.91 Å². The number of likely N-dealkylation sites (tertiary alicyclic amines) is 1. The van der Waals surface area contributed by atoms with Gasteiger partial charge in [0.25, 0.3) is 0 Å². The fourth-order valence-corrected chi connectivity index (χ4v) is 1.70. The smallest absolute Gasteiger partial charge is 0.226 e. The molecule has 0 bridgehead atoms. The lowest BCUT2D eigenvalue weighted by molar-refractivity contribution is -0.133. The van der Waals surface area contributed by atoms with Gasteiger partial charge < -0.3 is 10.2 Å². The van der Waals surface area contributed by atoms with E-state index < -0.39 is 0 Å². The third kappa shape index (κ3) is 2.99. The van der Waals surface area contributed by atoms with E-state index in [1.165, 1.54) is 12.8 Å². The summed E-state index contributed by atoms with van der Waals surface area (Å²) in [6.45, 7) is 7.75. The maximum Gasteiger partial charge on any atom is 0.226 e. The molecule has 3 nitrogen and oxygen atoms in total. The topological polar surface area (TPSA) is 32.3 Å². The first kappa shape index (κ1) is 10.5. The standard InChI is InChI=1S/C10H20N2O/c1-3-11-8-9(2)10(13)12-6-4-5-7-12/h9,11H,3-8H2,1-2H3. The summed E-state index contributed by atoms with van der Waals surface area (Å²) in [5.41, 5.74) is 0. The Balaban J connectivity index is 2.28. The van der Waals surface area contributed by atoms with E-state index in [9.17, 15) is 4.79 Å². The molecule has 0 aromatic carbocycles. The fourth-order valence-electron chi connectivity index (χ4n) is 1.70. The van der Waals surface area contributed by atoms with Gasteiger partial charge in [-0.25, -0.2) is 0 Å². The first-order chi connectivity index (χ1) is 6.25. The molecule has 0 spiro atoms. The van der Waals surface area contributed by atoms with Crippen LogP contribution in [-0.2, 0) is 4.79 Å². The van der Waals surface area contributed by atoms with Crippen LogP contribution in [0.25, 0.3) is 0 Å². The molecule has 1 fully saturated rings. The average molecular weight is 184 g/mol. The molecule has 1 rings (SSSR count). The maximum absolute atomic E-state index is 11.7. The first-order valence-corrected chi connectivity index (χ1v) is 5.25. The van der Waals surface area contributed by atoms with Crippen molar-refractivity contribution in [2.45, 2.75) is 26.7 Å². The monoisotopic (exact) mass is 184 g/mol. The number of hydrogen-bond acceptors (Lipinski definition) is 2. The number of hydrogen-bond donors (Lipinski definition) is 1. The summed E-state index contributed by atoms with van der Waals surface area (Å²) in [6, 6.07) is 0. The molecule has 0 radical (unpaired) electrons. The Hall–Kier alpha value is -0.570. The molecule has 0 aromatic rings. The van der Waals surface area contributed by atoms with Crippen LogP contribution in [0.2, 0.25) is 0 Å². The molecule has 1 amide bonds. The Morgan fingerprint density at radius 1 is 1.46 bits per heavy atom. The van der Waals surface area contributed by atoms with Gasteiger partial charge in [-0.1, -0.05) is 13.8 Å². The van der Waals surface area contributed by atoms with Crippen LogP contribution in [0.15, 0.2) is 0 Å². The van der Waals surface area contributed by atoms with Gasteiger partial charge in [-0.05, 0) is 19.4 Å². The van der Waals surface area contributed by atoms with E-state index in [0.29, 0.717) is 5.91 Å². The summed E-state index contributed by atoms with van der Waals surface area (Å²) in [7, 11) is 0. The van der Waals surface area contributed by atoms with E-state index in [-0.39, 0.29) is 5.92 Å². The number of carbonyl (C=O) groups is 1. The van der Waals surface area contributed by atoms with Crippen LogP contribution in [-0.4, -0.2) is 37.0 Å². The van der Waals surface area contributed by atoms with Crippen LogP contribution in [0.1, 0.15) is 26.7 Å². The van der Waals surface area contributed by atoms with E-state index in [0.717, 1.165) is 26.2 Å². The minimum absolute atomic E-state index is 0.137. The molecule has 1 N–H and O–H groups in total. The zero-order valence-corrected chi connectivity index (χ0v) is 8.68. The maximum atomic E-state index is 11.7. The Bertz CT molecular complexity index is 164. The van der Waals surface area contributed by atoms with Gasteiger partial charge >= 0.3 is 0 Å². The van der Waals surface area contributed by atoms with Gasteiger partial charge in [-0.3, -0.25) is 4.79 Å². The minimum atomic E-state index is 0.137. The number of rotatable bonds is 4. The third-order valence-electron chi connectivity index (χ3n) is 2.54.